The zero-order valence-electron chi connectivity index (χ0n) is 16.7. The van der Waals surface area contributed by atoms with Crippen molar-refractivity contribution in [3.05, 3.63) is 101 Å². The molecule has 1 unspecified atom stereocenters. The number of quaternary nitrogens is 1. The van der Waals surface area contributed by atoms with Gasteiger partial charge >= 0.3 is 0 Å². The molecule has 2 aromatic rings. The van der Waals surface area contributed by atoms with E-state index in [0.29, 0.717) is 17.3 Å². The highest BCUT2D eigenvalue weighted by atomic mass is 16.5. The van der Waals surface area contributed by atoms with Gasteiger partial charge in [-0.15, -0.1) is 4.59 Å². The number of hydrogen-bond acceptors (Lipinski definition) is 5. The maximum absolute atomic E-state index is 6.77. The molecule has 2 aliphatic heterocycles. The minimum absolute atomic E-state index is 0.0365. The smallest absolute Gasteiger partial charge is 0.265 e. The van der Waals surface area contributed by atoms with E-state index in [2.05, 4.69) is 4.99 Å². The summed E-state index contributed by atoms with van der Waals surface area (Å²) in [5.41, 5.74) is 4.61. The molecule has 2 N–H and O–H groups in total. The van der Waals surface area contributed by atoms with Gasteiger partial charge in [-0.05, 0) is 36.8 Å². The molecule has 5 rings (SSSR count). The summed E-state index contributed by atoms with van der Waals surface area (Å²) in [6, 6.07) is 13.6. The lowest BCUT2D eigenvalue weighted by Gasteiger charge is -2.26. The number of fused-ring (bicyclic) bond motifs is 1. The molecule has 148 valence electrons. The fourth-order valence-electron chi connectivity index (χ4n) is 3.62. The van der Waals surface area contributed by atoms with Crippen LogP contribution in [-0.2, 0) is 0 Å². The number of para-hydroxylation sites is 1. The average Bonchev–Trinajstić information content (AvgIpc) is 3.01. The molecule has 0 fully saturated rings. The van der Waals surface area contributed by atoms with E-state index in [1.54, 1.807) is 19.5 Å². The molecule has 1 aliphatic carbocycles. The molecular formula is C24H21N4O2+. The van der Waals surface area contributed by atoms with Gasteiger partial charge in [-0.3, -0.25) is 4.99 Å². The molecule has 2 aromatic carbocycles. The molecule has 6 nitrogen and oxygen atoms in total. The Balaban J connectivity index is 1.54. The van der Waals surface area contributed by atoms with Gasteiger partial charge in [0.25, 0.3) is 5.84 Å². The second-order valence-corrected chi connectivity index (χ2v) is 7.24. The third-order valence-corrected chi connectivity index (χ3v) is 5.35. The zero-order chi connectivity index (χ0) is 20.7. The molecule has 0 bridgehead atoms. The Morgan fingerprint density at radius 2 is 1.87 bits per heavy atom. The lowest BCUT2D eigenvalue weighted by atomic mass is 10.0. The second kappa shape index (κ2) is 6.95. The van der Waals surface area contributed by atoms with Crippen LogP contribution in [0, 0.1) is 6.92 Å². The SMILES string of the molecule is COc1cc(C2=NC(C3=CC=C3)=C3C=NC=C[N+]23N)ccc1Oc1ccccc1C. The first-order valence-electron chi connectivity index (χ1n) is 9.63. The molecule has 2 heterocycles. The lowest BCUT2D eigenvalue weighted by Crippen LogP contribution is -2.53. The third-order valence-electron chi connectivity index (χ3n) is 5.35. The Hall–Kier alpha value is -3.74. The lowest BCUT2D eigenvalue weighted by molar-refractivity contribution is -0.750. The van der Waals surface area contributed by atoms with E-state index in [1.807, 2.05) is 73.8 Å². The number of nitrogens with zero attached hydrogens (tertiary/aromatic N) is 3. The summed E-state index contributed by atoms with van der Waals surface area (Å²) in [6.07, 6.45) is 11.3. The number of methoxy groups -OCH3 is 1. The molecule has 0 saturated carbocycles. The molecule has 0 amide bonds. The summed E-state index contributed by atoms with van der Waals surface area (Å²) >= 11 is 0. The molecule has 0 saturated heterocycles. The van der Waals surface area contributed by atoms with Crippen molar-refractivity contribution in [1.82, 2.24) is 0 Å². The van der Waals surface area contributed by atoms with Gasteiger partial charge in [0.1, 0.15) is 17.6 Å². The fourth-order valence-corrected chi connectivity index (χ4v) is 3.62. The predicted molar refractivity (Wildman–Crippen MR) is 117 cm³/mol. The van der Waals surface area contributed by atoms with Gasteiger partial charge in [-0.2, -0.15) is 10.8 Å². The summed E-state index contributed by atoms with van der Waals surface area (Å²) in [5, 5.41) is 0. The molecule has 0 aromatic heterocycles. The van der Waals surface area contributed by atoms with Crippen molar-refractivity contribution in [3.63, 3.8) is 0 Å². The topological polar surface area (TPSA) is 69.2 Å². The number of ether oxygens (including phenoxy) is 2. The minimum atomic E-state index is -0.0365. The highest BCUT2D eigenvalue weighted by Crippen LogP contribution is 2.39. The van der Waals surface area contributed by atoms with Crippen molar-refractivity contribution in [2.24, 2.45) is 15.8 Å². The summed E-state index contributed by atoms with van der Waals surface area (Å²) < 4.78 is 11.7. The van der Waals surface area contributed by atoms with Crippen molar-refractivity contribution >= 4 is 12.1 Å². The first-order chi connectivity index (χ1) is 14.6. The summed E-state index contributed by atoms with van der Waals surface area (Å²) in [4.78, 5) is 9.14. The van der Waals surface area contributed by atoms with Crippen LogP contribution in [0.5, 0.6) is 17.2 Å². The van der Waals surface area contributed by atoms with Gasteiger partial charge < -0.3 is 9.47 Å². The van der Waals surface area contributed by atoms with Crippen LogP contribution < -0.4 is 15.3 Å². The molecule has 6 heteroatoms. The van der Waals surface area contributed by atoms with E-state index in [4.69, 9.17) is 20.3 Å². The highest BCUT2D eigenvalue weighted by Gasteiger charge is 2.45. The first-order valence-corrected chi connectivity index (χ1v) is 9.63. The number of benzene rings is 2. The Kier molecular flexibility index (Phi) is 4.24. The quantitative estimate of drug-likeness (QED) is 0.596. The number of aliphatic imine (C=N–C) groups is 2. The van der Waals surface area contributed by atoms with Crippen LogP contribution in [0.3, 0.4) is 0 Å². The fraction of sp³-hybridized carbons (Fsp3) is 0.0833. The van der Waals surface area contributed by atoms with E-state index in [1.165, 1.54) is 0 Å². The van der Waals surface area contributed by atoms with Crippen molar-refractivity contribution in [3.8, 4) is 17.2 Å². The van der Waals surface area contributed by atoms with E-state index >= 15 is 0 Å². The minimum Gasteiger partial charge on any atom is -0.493 e. The number of aryl methyl sites for hydroxylation is 1. The second-order valence-electron chi connectivity index (χ2n) is 7.24. The summed E-state index contributed by atoms with van der Waals surface area (Å²) in [5.74, 6) is 9.49. The van der Waals surface area contributed by atoms with Crippen LogP contribution in [0.15, 0.2) is 100 Å². The number of rotatable bonds is 5. The van der Waals surface area contributed by atoms with Gasteiger partial charge in [-0.25, -0.2) is 0 Å². The van der Waals surface area contributed by atoms with Gasteiger partial charge in [0.2, 0.25) is 5.70 Å². The Labute approximate surface area is 174 Å². The van der Waals surface area contributed by atoms with E-state index < -0.39 is 0 Å². The van der Waals surface area contributed by atoms with Crippen molar-refractivity contribution in [2.75, 3.05) is 7.11 Å². The van der Waals surface area contributed by atoms with Gasteiger partial charge in [0.05, 0.1) is 25.1 Å². The highest BCUT2D eigenvalue weighted by molar-refractivity contribution is 6.01. The molecule has 0 spiro atoms. The van der Waals surface area contributed by atoms with Crippen LogP contribution in [-0.4, -0.2) is 23.8 Å². The van der Waals surface area contributed by atoms with Gasteiger partial charge in [0, 0.05) is 5.57 Å². The summed E-state index contributed by atoms with van der Waals surface area (Å²) in [6.45, 7) is 2.01. The van der Waals surface area contributed by atoms with Gasteiger partial charge in [-0.1, -0.05) is 36.4 Å². The van der Waals surface area contributed by atoms with Crippen LogP contribution in [0.2, 0.25) is 0 Å². The molecular weight excluding hydrogens is 376 g/mol. The summed E-state index contributed by atoms with van der Waals surface area (Å²) in [7, 11) is 1.62. The van der Waals surface area contributed by atoms with E-state index in [9.17, 15) is 0 Å². The Morgan fingerprint density at radius 1 is 1.03 bits per heavy atom. The maximum Gasteiger partial charge on any atom is 0.265 e. The standard InChI is InChI=1S/C24H21N4O2/c1-16-6-3-4-9-20(16)30-21-11-10-18(14-22(21)29-2)24-27-23(17-7-5-8-17)19-15-26-12-13-28(19,24)25/h3-15H,25H2,1-2H3/q+1. The van der Waals surface area contributed by atoms with E-state index in [0.717, 1.165) is 33.8 Å². The predicted octanol–water partition coefficient (Wildman–Crippen LogP) is 4.51. The number of allylic oxidation sites excluding steroid dienone is 4. The monoisotopic (exact) mass is 397 g/mol. The molecule has 3 aliphatic rings. The maximum atomic E-state index is 6.77. The van der Waals surface area contributed by atoms with Crippen molar-refractivity contribution < 1.29 is 14.1 Å². The zero-order valence-corrected chi connectivity index (χ0v) is 16.7. The number of hydrogen-bond donors (Lipinski definition) is 1. The van der Waals surface area contributed by atoms with Crippen molar-refractivity contribution in [1.29, 1.82) is 0 Å². The van der Waals surface area contributed by atoms with Crippen LogP contribution in [0.4, 0.5) is 0 Å². The van der Waals surface area contributed by atoms with Crippen molar-refractivity contribution in [2.45, 2.75) is 6.92 Å². The third kappa shape index (κ3) is 2.82. The Bertz CT molecular complexity index is 1230. The number of nitrogens with two attached hydrogens (primary N) is 1. The van der Waals surface area contributed by atoms with Crippen LogP contribution >= 0.6 is 0 Å². The normalized spacial score (nSPS) is 21.2. The largest absolute Gasteiger partial charge is 0.493 e. The Morgan fingerprint density at radius 3 is 2.60 bits per heavy atom. The van der Waals surface area contributed by atoms with E-state index in [-0.39, 0.29) is 4.59 Å². The number of amidine groups is 1. The molecule has 0 radical (unpaired) electrons. The van der Waals surface area contributed by atoms with Crippen LogP contribution in [0.25, 0.3) is 0 Å². The first kappa shape index (κ1) is 18.3. The van der Waals surface area contributed by atoms with Gasteiger partial charge in [0.15, 0.2) is 11.5 Å². The average molecular weight is 397 g/mol. The molecule has 1 atom stereocenters. The molecule has 30 heavy (non-hydrogen) atoms. The van der Waals surface area contributed by atoms with Crippen LogP contribution in [0.1, 0.15) is 11.1 Å².